The van der Waals surface area contributed by atoms with Crippen molar-refractivity contribution >= 4 is 15.9 Å². The monoisotopic (exact) mass is 175 g/mol. The van der Waals surface area contributed by atoms with E-state index in [4.69, 9.17) is 4.52 Å². The van der Waals surface area contributed by atoms with Crippen LogP contribution in [0.25, 0.3) is 0 Å². The Labute approximate surface area is 56.0 Å². The van der Waals surface area contributed by atoms with Crippen LogP contribution >= 0.6 is 15.9 Å². The minimum Gasteiger partial charge on any atom is -0.349 e. The number of aryl methyl sites for hydroxylation is 1. The lowest BCUT2D eigenvalue weighted by molar-refractivity contribution is 0.395. The van der Waals surface area contributed by atoms with E-state index in [9.17, 15) is 0 Å². The fourth-order valence-corrected chi connectivity index (χ4v) is 0.747. The summed E-state index contributed by atoms with van der Waals surface area (Å²) in [5.41, 5.74) is 2.02. The third-order valence-corrected chi connectivity index (χ3v) is 1.84. The van der Waals surface area contributed by atoms with Crippen LogP contribution < -0.4 is 0 Å². The van der Waals surface area contributed by atoms with Gasteiger partial charge < -0.3 is 4.52 Å². The minimum absolute atomic E-state index is 0.731. The van der Waals surface area contributed by atoms with Gasteiger partial charge in [0.2, 0.25) is 4.67 Å². The molecule has 2 nitrogen and oxygen atoms in total. The fourth-order valence-electron chi connectivity index (χ4n) is 0.388. The topological polar surface area (TPSA) is 26.0 Å². The molecule has 0 amide bonds. The van der Waals surface area contributed by atoms with Crippen molar-refractivity contribution in [1.29, 1.82) is 0 Å². The normalized spacial score (nSPS) is 9.88. The van der Waals surface area contributed by atoms with Gasteiger partial charge in [-0.3, -0.25) is 0 Å². The van der Waals surface area contributed by atoms with Crippen molar-refractivity contribution in [2.75, 3.05) is 0 Å². The van der Waals surface area contributed by atoms with Crippen LogP contribution in [0.4, 0.5) is 0 Å². The molecular formula is C5H6BrNO. The predicted molar refractivity (Wildman–Crippen MR) is 33.7 cm³/mol. The summed E-state index contributed by atoms with van der Waals surface area (Å²) in [7, 11) is 0. The first kappa shape index (κ1) is 5.82. The van der Waals surface area contributed by atoms with Crippen molar-refractivity contribution < 1.29 is 4.52 Å². The molecule has 1 aromatic rings. The minimum atomic E-state index is 0.731. The van der Waals surface area contributed by atoms with E-state index in [0.717, 1.165) is 15.9 Å². The van der Waals surface area contributed by atoms with E-state index in [-0.39, 0.29) is 0 Å². The average Bonchev–Trinajstić information content (AvgIpc) is 1.98. The number of hydrogen-bond donors (Lipinski definition) is 0. The van der Waals surface area contributed by atoms with Gasteiger partial charge in [0, 0.05) is 5.56 Å². The first-order valence-electron chi connectivity index (χ1n) is 2.30. The Balaban J connectivity index is 3.19. The summed E-state index contributed by atoms with van der Waals surface area (Å²) >= 11 is 3.19. The van der Waals surface area contributed by atoms with Gasteiger partial charge in [-0.15, -0.1) is 0 Å². The van der Waals surface area contributed by atoms with Crippen LogP contribution in [-0.4, -0.2) is 5.16 Å². The number of aromatic nitrogens is 1. The molecule has 1 aromatic heterocycles. The van der Waals surface area contributed by atoms with Crippen molar-refractivity contribution in [2.45, 2.75) is 13.8 Å². The highest BCUT2D eigenvalue weighted by atomic mass is 79.9. The highest BCUT2D eigenvalue weighted by Gasteiger charge is 2.01. The van der Waals surface area contributed by atoms with Gasteiger partial charge in [0.1, 0.15) is 0 Å². The van der Waals surface area contributed by atoms with Crippen molar-refractivity contribution in [3.8, 4) is 0 Å². The molecule has 0 bridgehead atoms. The molecule has 0 unspecified atom stereocenters. The summed E-state index contributed by atoms with van der Waals surface area (Å²) in [6.07, 6.45) is 0. The number of halogens is 1. The molecule has 0 fully saturated rings. The third kappa shape index (κ3) is 0.777. The second-order valence-electron chi connectivity index (χ2n) is 1.67. The van der Waals surface area contributed by atoms with Gasteiger partial charge in [-0.2, -0.15) is 0 Å². The number of rotatable bonds is 0. The molecule has 0 saturated heterocycles. The van der Waals surface area contributed by atoms with E-state index < -0.39 is 0 Å². The maximum Gasteiger partial charge on any atom is 0.205 e. The molecule has 0 aromatic carbocycles. The molecule has 0 aliphatic rings. The van der Waals surface area contributed by atoms with E-state index in [1.165, 1.54) is 0 Å². The van der Waals surface area contributed by atoms with Gasteiger partial charge in [-0.25, -0.2) is 0 Å². The molecule has 44 valence electrons. The van der Waals surface area contributed by atoms with Gasteiger partial charge >= 0.3 is 0 Å². The standard InChI is InChI=1S/C5H6BrNO/c1-3-4(2)7-8-5(3)6/h1-2H3. The van der Waals surface area contributed by atoms with Crippen LogP contribution in [0.3, 0.4) is 0 Å². The Bertz CT molecular complexity index is 175. The van der Waals surface area contributed by atoms with Crippen LogP contribution in [0.2, 0.25) is 0 Å². The Kier molecular flexibility index (Phi) is 1.38. The molecular weight excluding hydrogens is 170 g/mol. The molecule has 0 atom stereocenters. The van der Waals surface area contributed by atoms with E-state index in [1.54, 1.807) is 0 Å². The maximum absolute atomic E-state index is 4.76. The van der Waals surface area contributed by atoms with Crippen LogP contribution in [0.15, 0.2) is 9.19 Å². The second kappa shape index (κ2) is 1.90. The second-order valence-corrected chi connectivity index (χ2v) is 2.39. The smallest absolute Gasteiger partial charge is 0.205 e. The summed E-state index contributed by atoms with van der Waals surface area (Å²) < 4.78 is 5.49. The summed E-state index contributed by atoms with van der Waals surface area (Å²) in [4.78, 5) is 0. The zero-order valence-electron chi connectivity index (χ0n) is 4.73. The SMILES string of the molecule is Cc1noc(Br)c1C. The molecule has 1 rings (SSSR count). The van der Waals surface area contributed by atoms with Gasteiger partial charge in [-0.05, 0) is 29.8 Å². The molecule has 0 aliphatic carbocycles. The van der Waals surface area contributed by atoms with E-state index in [1.807, 2.05) is 13.8 Å². The lowest BCUT2D eigenvalue weighted by atomic mass is 10.3. The molecule has 8 heavy (non-hydrogen) atoms. The van der Waals surface area contributed by atoms with Crippen LogP contribution in [-0.2, 0) is 0 Å². The Morgan fingerprint density at radius 2 is 2.12 bits per heavy atom. The lowest BCUT2D eigenvalue weighted by Gasteiger charge is -1.78. The van der Waals surface area contributed by atoms with E-state index in [2.05, 4.69) is 21.1 Å². The van der Waals surface area contributed by atoms with E-state index in [0.29, 0.717) is 0 Å². The van der Waals surface area contributed by atoms with Crippen molar-refractivity contribution in [3.05, 3.63) is 15.9 Å². The molecule has 0 aliphatic heterocycles. The Hall–Kier alpha value is -0.310. The van der Waals surface area contributed by atoms with Crippen molar-refractivity contribution in [2.24, 2.45) is 0 Å². The zero-order valence-corrected chi connectivity index (χ0v) is 6.32. The fraction of sp³-hybridized carbons (Fsp3) is 0.400. The highest BCUT2D eigenvalue weighted by molar-refractivity contribution is 9.10. The Morgan fingerprint density at radius 1 is 1.50 bits per heavy atom. The van der Waals surface area contributed by atoms with Crippen LogP contribution in [0.1, 0.15) is 11.3 Å². The Morgan fingerprint density at radius 3 is 2.25 bits per heavy atom. The number of hydrogen-bond acceptors (Lipinski definition) is 2. The lowest BCUT2D eigenvalue weighted by Crippen LogP contribution is -1.70. The molecule has 3 heteroatoms. The molecule has 0 saturated carbocycles. The highest BCUT2D eigenvalue weighted by Crippen LogP contribution is 2.17. The van der Waals surface area contributed by atoms with Crippen LogP contribution in [0.5, 0.6) is 0 Å². The largest absolute Gasteiger partial charge is 0.349 e. The summed E-state index contributed by atoms with van der Waals surface area (Å²) in [5.74, 6) is 0. The van der Waals surface area contributed by atoms with E-state index >= 15 is 0 Å². The van der Waals surface area contributed by atoms with Gasteiger partial charge in [0.05, 0.1) is 5.69 Å². The van der Waals surface area contributed by atoms with Crippen molar-refractivity contribution in [3.63, 3.8) is 0 Å². The predicted octanol–water partition coefficient (Wildman–Crippen LogP) is 2.05. The summed E-state index contributed by atoms with van der Waals surface area (Å²) in [5, 5.41) is 3.69. The average molecular weight is 176 g/mol. The van der Waals surface area contributed by atoms with Gasteiger partial charge in [-0.1, -0.05) is 5.16 Å². The maximum atomic E-state index is 4.76. The molecule has 0 spiro atoms. The van der Waals surface area contributed by atoms with Crippen molar-refractivity contribution in [1.82, 2.24) is 5.16 Å². The van der Waals surface area contributed by atoms with Crippen LogP contribution in [0, 0.1) is 13.8 Å². The number of nitrogens with zero attached hydrogens (tertiary/aromatic N) is 1. The first-order valence-corrected chi connectivity index (χ1v) is 3.09. The molecule has 0 N–H and O–H groups in total. The summed E-state index contributed by atoms with van der Waals surface area (Å²) in [6.45, 7) is 3.86. The first-order chi connectivity index (χ1) is 3.72. The third-order valence-electron chi connectivity index (χ3n) is 1.10. The molecule has 0 radical (unpaired) electrons. The van der Waals surface area contributed by atoms with Gasteiger partial charge in [0.25, 0.3) is 0 Å². The van der Waals surface area contributed by atoms with Gasteiger partial charge in [0.15, 0.2) is 0 Å². The summed E-state index contributed by atoms with van der Waals surface area (Å²) in [6, 6.07) is 0. The quantitative estimate of drug-likeness (QED) is 0.604. The zero-order chi connectivity index (χ0) is 6.15. The molecule has 1 heterocycles.